The van der Waals surface area contributed by atoms with Crippen molar-refractivity contribution in [3.8, 4) is 5.75 Å². The third-order valence-electron chi connectivity index (χ3n) is 7.02. The molecule has 0 spiro atoms. The number of phenolic OH excluding ortho intramolecular Hbond substituents is 1. The summed E-state index contributed by atoms with van der Waals surface area (Å²) in [6, 6.07) is 3.90. The molecule has 1 aromatic rings. The summed E-state index contributed by atoms with van der Waals surface area (Å²) >= 11 is 3.10. The van der Waals surface area contributed by atoms with Crippen LogP contribution in [0.5, 0.6) is 5.75 Å². The van der Waals surface area contributed by atoms with Crippen molar-refractivity contribution < 1.29 is 38.2 Å². The summed E-state index contributed by atoms with van der Waals surface area (Å²) in [6.07, 6.45) is 1.83. The molecule has 0 radical (unpaired) electrons. The number of imide groups is 3. The second kappa shape index (κ2) is 7.83. The van der Waals surface area contributed by atoms with Crippen LogP contribution in [0.3, 0.4) is 0 Å². The molecule has 1 aliphatic heterocycles. The average Bonchev–Trinajstić information content (AvgIpc) is 3.07. The van der Waals surface area contributed by atoms with E-state index >= 15 is 0 Å². The topological polar surface area (TPSA) is 118 Å². The predicted octanol–water partition coefficient (Wildman–Crippen LogP) is 3.06. The number of likely N-dealkylation sites (tertiary alicyclic amines) is 1. The molecule has 10 heteroatoms. The summed E-state index contributed by atoms with van der Waals surface area (Å²) in [5, 5.41) is 10.5. The Hall–Kier alpha value is -3.40. The van der Waals surface area contributed by atoms with Crippen LogP contribution in [0.4, 0.5) is 9.18 Å². The Bertz CT molecular complexity index is 1310. The highest BCUT2D eigenvalue weighted by Crippen LogP contribution is 2.56. The van der Waals surface area contributed by atoms with Crippen LogP contribution in [-0.4, -0.2) is 46.6 Å². The largest absolute Gasteiger partial charge is 0.505 e. The molecule has 5 rings (SSSR count). The fraction of sp³-hybridized carbons (Fsp3) is 0.292. The second-order valence-corrected chi connectivity index (χ2v) is 9.41. The van der Waals surface area contributed by atoms with Gasteiger partial charge in [0, 0.05) is 28.7 Å². The smallest absolute Gasteiger partial charge is 0.423 e. The first kappa shape index (κ1) is 22.4. The lowest BCUT2D eigenvalue weighted by molar-refractivity contribution is -0.137. The van der Waals surface area contributed by atoms with Gasteiger partial charge in [-0.1, -0.05) is 23.8 Å². The molecular formula is C24H17BrFNO7. The Labute approximate surface area is 200 Å². The van der Waals surface area contributed by atoms with Gasteiger partial charge in [0.1, 0.15) is 0 Å². The summed E-state index contributed by atoms with van der Waals surface area (Å²) in [6.45, 7) is 0. The zero-order chi connectivity index (χ0) is 24.5. The van der Waals surface area contributed by atoms with Crippen molar-refractivity contribution in [3.05, 3.63) is 62.9 Å². The number of halogens is 2. The molecule has 0 saturated carbocycles. The number of methoxy groups -OCH3 is 1. The highest BCUT2D eigenvalue weighted by Gasteiger charge is 2.58. The number of ether oxygens (including phenoxy) is 1. The van der Waals surface area contributed by atoms with Crippen LogP contribution in [0, 0.1) is 23.6 Å². The number of carbonyl (C=O) groups excluding carboxylic acids is 5. The second-order valence-electron chi connectivity index (χ2n) is 8.55. The predicted molar refractivity (Wildman–Crippen MR) is 117 cm³/mol. The van der Waals surface area contributed by atoms with Crippen LogP contribution in [-0.2, 0) is 23.9 Å². The molecule has 3 aliphatic carbocycles. The number of aromatic hydroxyl groups is 1. The van der Waals surface area contributed by atoms with Crippen LogP contribution in [0.15, 0.2) is 51.6 Å². The first-order valence-corrected chi connectivity index (χ1v) is 11.3. The summed E-state index contributed by atoms with van der Waals surface area (Å²) in [5.74, 6) is -7.43. The molecule has 1 heterocycles. The minimum atomic E-state index is -1.09. The lowest BCUT2D eigenvalue weighted by Gasteiger charge is -2.42. The Balaban J connectivity index is 1.70. The molecule has 4 atom stereocenters. The maximum atomic E-state index is 14.3. The van der Waals surface area contributed by atoms with Crippen molar-refractivity contribution in [2.75, 3.05) is 7.11 Å². The van der Waals surface area contributed by atoms with Crippen LogP contribution < -0.4 is 0 Å². The quantitative estimate of drug-likeness (QED) is 0.337. The van der Waals surface area contributed by atoms with E-state index in [9.17, 15) is 33.5 Å². The van der Waals surface area contributed by atoms with E-state index in [0.717, 1.165) is 19.3 Å². The van der Waals surface area contributed by atoms with Gasteiger partial charge in [-0.25, -0.2) is 9.18 Å². The molecular weight excluding hydrogens is 513 g/mol. The normalized spacial score (nSPS) is 28.3. The van der Waals surface area contributed by atoms with E-state index < -0.39 is 64.7 Å². The number of ketones is 2. The SMILES string of the molecule is COC(=O)N1C(=O)[C@H]2[C@H](CC=C3[C@H](c4cccc(F)c4O)C4=C(C[C@H]32)C(=O)C(Br)=CC4=O)C1=O. The maximum Gasteiger partial charge on any atom is 0.423 e. The van der Waals surface area contributed by atoms with Crippen LogP contribution >= 0.6 is 15.9 Å². The molecule has 1 fully saturated rings. The average molecular weight is 530 g/mol. The monoisotopic (exact) mass is 529 g/mol. The fourth-order valence-electron chi connectivity index (χ4n) is 5.60. The molecule has 174 valence electrons. The number of phenols is 1. The van der Waals surface area contributed by atoms with Gasteiger partial charge in [-0.2, -0.15) is 4.90 Å². The summed E-state index contributed by atoms with van der Waals surface area (Å²) < 4.78 is 19.0. The van der Waals surface area contributed by atoms with E-state index in [4.69, 9.17) is 0 Å². The summed E-state index contributed by atoms with van der Waals surface area (Å²) in [5.41, 5.74) is 0.849. The molecule has 34 heavy (non-hydrogen) atoms. The third-order valence-corrected chi connectivity index (χ3v) is 7.61. The Morgan fingerprint density at radius 1 is 1.18 bits per heavy atom. The zero-order valence-corrected chi connectivity index (χ0v) is 19.3. The molecule has 3 amide bonds. The number of nitrogens with zero attached hydrogens (tertiary/aromatic N) is 1. The Morgan fingerprint density at radius 2 is 1.91 bits per heavy atom. The summed E-state index contributed by atoms with van der Waals surface area (Å²) in [7, 11) is 1.06. The number of fused-ring (bicyclic) bond motifs is 3. The van der Waals surface area contributed by atoms with Crippen LogP contribution in [0.25, 0.3) is 0 Å². The molecule has 1 saturated heterocycles. The fourth-order valence-corrected chi connectivity index (χ4v) is 6.05. The Morgan fingerprint density at radius 3 is 2.62 bits per heavy atom. The van der Waals surface area contributed by atoms with Crippen molar-refractivity contribution in [1.82, 2.24) is 4.90 Å². The van der Waals surface area contributed by atoms with E-state index in [-0.39, 0.29) is 34.0 Å². The van der Waals surface area contributed by atoms with Gasteiger partial charge in [-0.15, -0.1) is 0 Å². The number of Topliss-reactive ketones (excluding diaryl/α,β-unsaturated/α-hetero) is 1. The highest BCUT2D eigenvalue weighted by atomic mass is 79.9. The van der Waals surface area contributed by atoms with Gasteiger partial charge < -0.3 is 9.84 Å². The van der Waals surface area contributed by atoms with Crippen LogP contribution in [0.2, 0.25) is 0 Å². The van der Waals surface area contributed by atoms with Gasteiger partial charge in [0.15, 0.2) is 23.1 Å². The lowest BCUT2D eigenvalue weighted by atomic mass is 9.59. The minimum absolute atomic E-state index is 0.0174. The maximum absolute atomic E-state index is 14.3. The number of amides is 3. The van der Waals surface area contributed by atoms with E-state index in [2.05, 4.69) is 20.7 Å². The Kier molecular flexibility index (Phi) is 5.16. The summed E-state index contributed by atoms with van der Waals surface area (Å²) in [4.78, 5) is 64.8. The van der Waals surface area contributed by atoms with E-state index in [1.807, 2.05) is 0 Å². The molecule has 4 aliphatic rings. The van der Waals surface area contributed by atoms with E-state index in [0.29, 0.717) is 10.5 Å². The van der Waals surface area contributed by atoms with Gasteiger partial charge in [-0.05, 0) is 40.8 Å². The van der Waals surface area contributed by atoms with E-state index in [1.165, 1.54) is 12.1 Å². The van der Waals surface area contributed by atoms with Gasteiger partial charge in [0.05, 0.1) is 23.4 Å². The van der Waals surface area contributed by atoms with Crippen LogP contribution in [0.1, 0.15) is 24.3 Å². The van der Waals surface area contributed by atoms with Gasteiger partial charge in [0.25, 0.3) is 0 Å². The number of allylic oxidation sites excluding steroid dienone is 6. The third kappa shape index (κ3) is 2.97. The number of hydrogen-bond donors (Lipinski definition) is 1. The van der Waals surface area contributed by atoms with Crippen molar-refractivity contribution in [3.63, 3.8) is 0 Å². The van der Waals surface area contributed by atoms with Gasteiger partial charge in [0.2, 0.25) is 11.8 Å². The van der Waals surface area contributed by atoms with Crippen molar-refractivity contribution in [1.29, 1.82) is 0 Å². The van der Waals surface area contributed by atoms with Crippen molar-refractivity contribution >= 4 is 45.4 Å². The standard InChI is InChI=1S/C24H17BrFNO7/c1-34-24(33)27-22(31)11-6-5-9-12(18(11)23(27)32)7-13-19(16(28)8-14(25)20(13)29)17(9)10-3-2-4-15(26)21(10)30/h2-5,8,11-12,17-18,30H,6-7H2,1H3/t11-,12+,17+,18-/m0/s1. The first-order chi connectivity index (χ1) is 16.2. The number of para-hydroxylation sites is 1. The van der Waals surface area contributed by atoms with Gasteiger partial charge in [-0.3, -0.25) is 19.2 Å². The zero-order valence-electron chi connectivity index (χ0n) is 17.7. The number of benzene rings is 1. The van der Waals surface area contributed by atoms with E-state index in [1.54, 1.807) is 6.08 Å². The highest BCUT2D eigenvalue weighted by molar-refractivity contribution is 9.12. The molecule has 1 N–H and O–H groups in total. The molecule has 1 aromatic carbocycles. The number of rotatable bonds is 1. The molecule has 8 nitrogen and oxygen atoms in total. The van der Waals surface area contributed by atoms with Gasteiger partial charge >= 0.3 is 6.09 Å². The van der Waals surface area contributed by atoms with Crippen molar-refractivity contribution in [2.45, 2.75) is 18.8 Å². The van der Waals surface area contributed by atoms with Crippen molar-refractivity contribution in [2.24, 2.45) is 17.8 Å². The number of hydrogen-bond acceptors (Lipinski definition) is 7. The lowest BCUT2D eigenvalue weighted by Crippen LogP contribution is -2.40. The minimum Gasteiger partial charge on any atom is -0.505 e. The molecule has 0 bridgehead atoms. The molecule has 0 unspecified atom stereocenters. The molecule has 0 aromatic heterocycles. The first-order valence-electron chi connectivity index (χ1n) is 10.5. The number of carbonyl (C=O) groups is 5.